The van der Waals surface area contributed by atoms with Crippen molar-refractivity contribution in [1.82, 2.24) is 19.7 Å². The van der Waals surface area contributed by atoms with Crippen LogP contribution in [0, 0.1) is 5.82 Å². The maximum Gasteiger partial charge on any atom is 0.246 e. The van der Waals surface area contributed by atoms with Crippen LogP contribution in [-0.2, 0) is 11.8 Å². The molecule has 2 unspecified atom stereocenters. The molecule has 0 saturated carbocycles. The number of hydrogen-bond donors (Lipinski definition) is 0. The SMILES string of the molecule is C=CC(=O)N1C2CCC1CC(c1cnc(-c3ccc(F)cc3)cc1-c1ccn(C)n1)C2. The smallest absolute Gasteiger partial charge is 0.246 e. The van der Waals surface area contributed by atoms with Crippen molar-refractivity contribution in [2.24, 2.45) is 7.05 Å². The molecule has 5 nitrogen and oxygen atoms in total. The monoisotopic (exact) mass is 416 g/mol. The Morgan fingerprint density at radius 2 is 1.84 bits per heavy atom. The Bertz CT molecular complexity index is 1120. The summed E-state index contributed by atoms with van der Waals surface area (Å²) in [5, 5.41) is 4.65. The molecule has 3 aromatic rings. The molecule has 2 bridgehead atoms. The lowest BCUT2D eigenvalue weighted by molar-refractivity contribution is -0.130. The second kappa shape index (κ2) is 7.76. The molecule has 31 heavy (non-hydrogen) atoms. The van der Waals surface area contributed by atoms with Crippen LogP contribution in [0.15, 0.2) is 61.4 Å². The van der Waals surface area contributed by atoms with E-state index >= 15 is 0 Å². The summed E-state index contributed by atoms with van der Waals surface area (Å²) in [7, 11) is 1.91. The van der Waals surface area contributed by atoms with Gasteiger partial charge in [0.25, 0.3) is 0 Å². The number of piperidine rings is 1. The highest BCUT2D eigenvalue weighted by atomic mass is 19.1. The molecule has 2 saturated heterocycles. The minimum atomic E-state index is -0.262. The van der Waals surface area contributed by atoms with Crippen LogP contribution in [-0.4, -0.2) is 37.7 Å². The standard InChI is InChI=1S/C25H25FN4O/c1-3-25(31)30-19-8-9-20(30)13-17(12-19)22-15-27-24(16-4-6-18(26)7-5-16)14-21(22)23-10-11-29(2)28-23/h3-7,10-11,14-15,17,19-20H,1,8-9,12-13H2,2H3. The third kappa shape index (κ3) is 3.56. The number of halogens is 1. The first kappa shape index (κ1) is 19.7. The summed E-state index contributed by atoms with van der Waals surface area (Å²) in [6, 6.07) is 11.0. The molecule has 158 valence electrons. The minimum Gasteiger partial charge on any atom is -0.333 e. The fourth-order valence-electron chi connectivity index (χ4n) is 5.25. The van der Waals surface area contributed by atoms with Gasteiger partial charge in [-0.2, -0.15) is 5.10 Å². The second-order valence-corrected chi connectivity index (χ2v) is 8.54. The number of fused-ring (bicyclic) bond motifs is 2. The number of amides is 1. The molecule has 2 aliphatic heterocycles. The fraction of sp³-hybridized carbons (Fsp3) is 0.320. The maximum absolute atomic E-state index is 13.4. The van der Waals surface area contributed by atoms with E-state index in [1.807, 2.05) is 30.4 Å². The van der Waals surface area contributed by atoms with Gasteiger partial charge in [-0.3, -0.25) is 14.5 Å². The molecule has 2 fully saturated rings. The summed E-state index contributed by atoms with van der Waals surface area (Å²) >= 11 is 0. The number of rotatable bonds is 4. The Balaban J connectivity index is 1.54. The summed E-state index contributed by atoms with van der Waals surface area (Å²) in [6.45, 7) is 3.67. The Labute approximate surface area is 181 Å². The average molecular weight is 417 g/mol. The molecule has 2 atom stereocenters. The first-order valence-corrected chi connectivity index (χ1v) is 10.7. The van der Waals surface area contributed by atoms with Crippen LogP contribution < -0.4 is 0 Å². The molecule has 1 aromatic carbocycles. The molecule has 4 heterocycles. The minimum absolute atomic E-state index is 0.0423. The van der Waals surface area contributed by atoms with Crippen LogP contribution >= 0.6 is 0 Å². The lowest BCUT2D eigenvalue weighted by Crippen LogP contribution is -2.45. The normalized spacial score (nSPS) is 22.5. The maximum atomic E-state index is 13.4. The van der Waals surface area contributed by atoms with Gasteiger partial charge in [-0.15, -0.1) is 0 Å². The molecule has 1 amide bonds. The van der Waals surface area contributed by atoms with Crippen molar-refractivity contribution in [2.75, 3.05) is 0 Å². The molecule has 0 spiro atoms. The van der Waals surface area contributed by atoms with Crippen molar-refractivity contribution in [3.63, 3.8) is 0 Å². The van der Waals surface area contributed by atoms with E-state index in [9.17, 15) is 9.18 Å². The van der Waals surface area contributed by atoms with Crippen LogP contribution in [0.4, 0.5) is 4.39 Å². The van der Waals surface area contributed by atoms with Gasteiger partial charge in [-0.05, 0) is 79.6 Å². The van der Waals surface area contributed by atoms with E-state index in [0.717, 1.165) is 48.2 Å². The van der Waals surface area contributed by atoms with Gasteiger partial charge in [0.05, 0.1) is 11.4 Å². The Hall–Kier alpha value is -3.28. The molecule has 0 aliphatic carbocycles. The van der Waals surface area contributed by atoms with Gasteiger partial charge in [0.1, 0.15) is 5.82 Å². The predicted octanol–water partition coefficient (Wildman–Crippen LogP) is 4.71. The molecule has 6 heteroatoms. The number of carbonyl (C=O) groups excluding carboxylic acids is 1. The predicted molar refractivity (Wildman–Crippen MR) is 118 cm³/mol. The van der Waals surface area contributed by atoms with E-state index in [0.29, 0.717) is 5.92 Å². The zero-order valence-corrected chi connectivity index (χ0v) is 17.5. The Morgan fingerprint density at radius 3 is 2.45 bits per heavy atom. The van der Waals surface area contributed by atoms with Crippen LogP contribution in [0.25, 0.3) is 22.5 Å². The third-order valence-corrected chi connectivity index (χ3v) is 6.67. The number of aromatic nitrogens is 3. The summed E-state index contributed by atoms with van der Waals surface area (Å²) in [5.74, 6) is 0.0976. The van der Waals surface area contributed by atoms with Gasteiger partial charge >= 0.3 is 0 Å². The van der Waals surface area contributed by atoms with Crippen LogP contribution in [0.5, 0.6) is 0 Å². The largest absolute Gasteiger partial charge is 0.333 e. The van der Waals surface area contributed by atoms with E-state index in [1.165, 1.54) is 23.8 Å². The van der Waals surface area contributed by atoms with Crippen molar-refractivity contribution in [3.05, 3.63) is 72.8 Å². The summed E-state index contributed by atoms with van der Waals surface area (Å²) < 4.78 is 15.2. The number of hydrogen-bond acceptors (Lipinski definition) is 3. The quantitative estimate of drug-likeness (QED) is 0.579. The van der Waals surface area contributed by atoms with Crippen LogP contribution in [0.2, 0.25) is 0 Å². The first-order valence-electron chi connectivity index (χ1n) is 10.7. The van der Waals surface area contributed by atoms with Gasteiger partial charge < -0.3 is 4.90 Å². The van der Waals surface area contributed by atoms with Crippen molar-refractivity contribution in [2.45, 2.75) is 43.7 Å². The topological polar surface area (TPSA) is 51.0 Å². The highest BCUT2D eigenvalue weighted by Crippen LogP contribution is 2.45. The zero-order valence-electron chi connectivity index (χ0n) is 17.5. The highest BCUT2D eigenvalue weighted by molar-refractivity contribution is 5.88. The zero-order chi connectivity index (χ0) is 21.5. The van der Waals surface area contributed by atoms with Gasteiger partial charge in [0.15, 0.2) is 0 Å². The molecule has 0 radical (unpaired) electrons. The molecular weight excluding hydrogens is 391 g/mol. The Kier molecular flexibility index (Phi) is 4.93. The lowest BCUT2D eigenvalue weighted by Gasteiger charge is -2.39. The number of aryl methyl sites for hydroxylation is 1. The molecule has 2 aliphatic rings. The van der Waals surface area contributed by atoms with Crippen molar-refractivity contribution >= 4 is 5.91 Å². The number of benzene rings is 1. The van der Waals surface area contributed by atoms with E-state index < -0.39 is 0 Å². The van der Waals surface area contributed by atoms with Crippen molar-refractivity contribution in [1.29, 1.82) is 0 Å². The molecule has 5 rings (SSSR count). The lowest BCUT2D eigenvalue weighted by atomic mass is 9.82. The van der Waals surface area contributed by atoms with E-state index in [-0.39, 0.29) is 23.8 Å². The first-order chi connectivity index (χ1) is 15.0. The van der Waals surface area contributed by atoms with Gasteiger partial charge in [0, 0.05) is 42.7 Å². The van der Waals surface area contributed by atoms with Gasteiger partial charge in [-0.1, -0.05) is 6.58 Å². The second-order valence-electron chi connectivity index (χ2n) is 8.54. The van der Waals surface area contributed by atoms with Crippen molar-refractivity contribution < 1.29 is 9.18 Å². The fourth-order valence-corrected chi connectivity index (χ4v) is 5.25. The van der Waals surface area contributed by atoms with E-state index in [4.69, 9.17) is 4.98 Å². The van der Waals surface area contributed by atoms with Gasteiger partial charge in [0.2, 0.25) is 5.91 Å². The van der Waals surface area contributed by atoms with E-state index in [2.05, 4.69) is 17.7 Å². The summed E-state index contributed by atoms with van der Waals surface area (Å²) in [4.78, 5) is 19.1. The molecule has 2 aromatic heterocycles. The third-order valence-electron chi connectivity index (χ3n) is 6.67. The highest BCUT2D eigenvalue weighted by Gasteiger charge is 2.43. The number of pyridine rings is 1. The number of carbonyl (C=O) groups is 1. The molecular formula is C25H25FN4O. The van der Waals surface area contributed by atoms with Crippen LogP contribution in [0.1, 0.15) is 37.2 Å². The average Bonchev–Trinajstić information content (AvgIpc) is 3.33. The summed E-state index contributed by atoms with van der Waals surface area (Å²) in [5.41, 5.74) is 4.80. The Morgan fingerprint density at radius 1 is 1.13 bits per heavy atom. The summed E-state index contributed by atoms with van der Waals surface area (Å²) in [6.07, 6.45) is 9.26. The van der Waals surface area contributed by atoms with Crippen LogP contribution in [0.3, 0.4) is 0 Å². The van der Waals surface area contributed by atoms with Gasteiger partial charge in [-0.25, -0.2) is 4.39 Å². The molecule has 0 N–H and O–H groups in total. The van der Waals surface area contributed by atoms with E-state index in [1.54, 1.807) is 16.8 Å². The number of nitrogens with zero attached hydrogens (tertiary/aromatic N) is 4. The van der Waals surface area contributed by atoms with Crippen molar-refractivity contribution in [3.8, 4) is 22.5 Å².